The molecule has 0 saturated heterocycles. The third kappa shape index (κ3) is 4.10. The average Bonchev–Trinajstić information content (AvgIpc) is 3.48. The smallest absolute Gasteiger partial charge is 0.273 e. The summed E-state index contributed by atoms with van der Waals surface area (Å²) in [6, 6.07) is 9.62. The van der Waals surface area contributed by atoms with E-state index >= 15 is 0 Å². The van der Waals surface area contributed by atoms with Crippen molar-refractivity contribution in [3.05, 3.63) is 64.2 Å². The maximum absolute atomic E-state index is 14.0. The van der Waals surface area contributed by atoms with E-state index in [-0.39, 0.29) is 11.9 Å². The van der Waals surface area contributed by atoms with E-state index in [2.05, 4.69) is 20.7 Å². The van der Waals surface area contributed by atoms with E-state index in [9.17, 15) is 4.79 Å². The minimum absolute atomic E-state index is 0.210. The number of nitrogens with zero attached hydrogens (tertiary/aromatic N) is 5. The molecule has 1 amide bonds. The second-order valence-electron chi connectivity index (χ2n) is 9.52. The number of carbonyl (C=O) groups excluding carboxylic acids is 1. The van der Waals surface area contributed by atoms with Gasteiger partial charge in [-0.1, -0.05) is 23.7 Å². The summed E-state index contributed by atoms with van der Waals surface area (Å²) in [6.07, 6.45) is 0.772. The molecule has 0 aliphatic rings. The van der Waals surface area contributed by atoms with Gasteiger partial charge in [0.1, 0.15) is 5.69 Å². The van der Waals surface area contributed by atoms with Gasteiger partial charge in [-0.3, -0.25) is 9.89 Å². The molecule has 3 heterocycles. The Kier molecular flexibility index (Phi) is 6.15. The second-order valence-corrected chi connectivity index (χ2v) is 9.52. The highest BCUT2D eigenvalue weighted by Crippen LogP contribution is 2.32. The molecule has 0 fully saturated rings. The number of aromatic nitrogens is 5. The van der Waals surface area contributed by atoms with Crippen LogP contribution in [0.15, 0.2) is 34.9 Å². The van der Waals surface area contributed by atoms with Gasteiger partial charge in [0.15, 0.2) is 17.4 Å². The van der Waals surface area contributed by atoms with Crippen molar-refractivity contribution in [2.24, 2.45) is 0 Å². The molecule has 5 aromatic rings. The van der Waals surface area contributed by atoms with Crippen LogP contribution >= 0.6 is 0 Å². The van der Waals surface area contributed by atoms with Crippen LogP contribution in [-0.2, 0) is 6.42 Å². The quantitative estimate of drug-likeness (QED) is 0.317. The summed E-state index contributed by atoms with van der Waals surface area (Å²) in [5, 5.41) is 16.3. The van der Waals surface area contributed by atoms with Gasteiger partial charge in [-0.15, -0.1) is 0 Å². The number of nitrogens with one attached hydrogen (secondary N) is 2. The van der Waals surface area contributed by atoms with Gasteiger partial charge in [0, 0.05) is 36.0 Å². The van der Waals surface area contributed by atoms with Crippen molar-refractivity contribution in [1.82, 2.24) is 30.2 Å². The Morgan fingerprint density at radius 1 is 1.14 bits per heavy atom. The number of H-pyrrole nitrogens is 1. The van der Waals surface area contributed by atoms with Crippen molar-refractivity contribution >= 4 is 33.5 Å². The Hall–Kier alpha value is -4.27. The van der Waals surface area contributed by atoms with Gasteiger partial charge in [0.05, 0.1) is 22.8 Å². The molecule has 1 atom stereocenters. The first-order valence-corrected chi connectivity index (χ1v) is 12.4. The lowest BCUT2D eigenvalue weighted by Gasteiger charge is -2.24. The molecule has 9 nitrogen and oxygen atoms in total. The number of hydrogen-bond acceptors (Lipinski definition) is 7. The molecule has 2 N–H and O–H groups in total. The Balaban J connectivity index is 1.65. The van der Waals surface area contributed by atoms with Gasteiger partial charge in [0.25, 0.3) is 5.91 Å². The Labute approximate surface area is 215 Å². The fourth-order valence-electron chi connectivity index (χ4n) is 4.75. The summed E-state index contributed by atoms with van der Waals surface area (Å²) < 4.78 is 5.63. The molecule has 0 aliphatic carbocycles. The number of benzene rings is 2. The summed E-state index contributed by atoms with van der Waals surface area (Å²) in [5.74, 6) is 1.71. The molecule has 37 heavy (non-hydrogen) atoms. The van der Waals surface area contributed by atoms with Crippen molar-refractivity contribution < 1.29 is 9.32 Å². The lowest BCUT2D eigenvalue weighted by molar-refractivity contribution is 0.0716. The summed E-state index contributed by atoms with van der Waals surface area (Å²) in [6.45, 7) is 9.96. The van der Waals surface area contributed by atoms with Gasteiger partial charge in [-0.2, -0.15) is 5.10 Å². The molecule has 9 heteroatoms. The molecule has 0 radical (unpaired) electrons. The number of amides is 1. The number of aromatic amines is 1. The van der Waals surface area contributed by atoms with Crippen molar-refractivity contribution in [2.75, 3.05) is 19.4 Å². The van der Waals surface area contributed by atoms with Crippen LogP contribution in [0.25, 0.3) is 33.2 Å². The van der Waals surface area contributed by atoms with Crippen LogP contribution in [0.5, 0.6) is 0 Å². The van der Waals surface area contributed by atoms with Crippen LogP contribution in [-0.4, -0.2) is 50.2 Å². The maximum Gasteiger partial charge on any atom is 0.273 e. The Morgan fingerprint density at radius 2 is 1.92 bits per heavy atom. The summed E-state index contributed by atoms with van der Waals surface area (Å²) in [5.41, 5.74) is 6.71. The van der Waals surface area contributed by atoms with E-state index in [0.29, 0.717) is 28.2 Å². The number of aryl methyl sites for hydroxylation is 3. The molecule has 2 aromatic carbocycles. The molecular formula is C28H31N7O2. The SMILES string of the molecule is CCc1noc(C(C)N(C)C(=O)c2nc(-c3cc4c(NC)n[nH]c4cc3C)nc3ccc(C)cc23)c1C. The Bertz CT molecular complexity index is 1650. The average molecular weight is 498 g/mol. The number of rotatable bonds is 6. The molecule has 1 unspecified atom stereocenters. The first kappa shape index (κ1) is 24.4. The number of carbonyl (C=O) groups is 1. The standard InChI is InChI=1S/C28H31N7O2/c1-8-21-16(4)25(37-34-21)17(5)35(7)28(36)24-19-11-14(2)9-10-22(19)30-27(31-24)18-13-20-23(12-15(18)3)32-33-26(20)29-6/h9-13,17H,8H2,1-7H3,(H2,29,32,33). The molecule has 190 valence electrons. The molecule has 5 rings (SSSR count). The Morgan fingerprint density at radius 3 is 2.62 bits per heavy atom. The lowest BCUT2D eigenvalue weighted by atomic mass is 10.0. The van der Waals surface area contributed by atoms with E-state index in [1.807, 2.05) is 72.0 Å². The van der Waals surface area contributed by atoms with Crippen LogP contribution in [0.1, 0.15) is 58.5 Å². The van der Waals surface area contributed by atoms with Crippen LogP contribution in [0.3, 0.4) is 0 Å². The van der Waals surface area contributed by atoms with E-state index < -0.39 is 0 Å². The van der Waals surface area contributed by atoms with Gasteiger partial charge in [0.2, 0.25) is 0 Å². The van der Waals surface area contributed by atoms with Gasteiger partial charge in [-0.05, 0) is 63.9 Å². The highest BCUT2D eigenvalue weighted by atomic mass is 16.5. The third-order valence-electron chi connectivity index (χ3n) is 7.11. The molecule has 0 aliphatic heterocycles. The van der Waals surface area contributed by atoms with Crippen LogP contribution < -0.4 is 5.32 Å². The van der Waals surface area contributed by atoms with E-state index in [4.69, 9.17) is 14.5 Å². The molecular weight excluding hydrogens is 466 g/mol. The summed E-state index contributed by atoms with van der Waals surface area (Å²) >= 11 is 0. The second kappa shape index (κ2) is 9.31. The topological polar surface area (TPSA) is 113 Å². The van der Waals surface area contributed by atoms with Crippen LogP contribution in [0.4, 0.5) is 5.82 Å². The highest BCUT2D eigenvalue weighted by molar-refractivity contribution is 6.05. The van der Waals surface area contributed by atoms with Crippen molar-refractivity contribution in [3.8, 4) is 11.4 Å². The monoisotopic (exact) mass is 497 g/mol. The predicted molar refractivity (Wildman–Crippen MR) is 145 cm³/mol. The normalized spacial score (nSPS) is 12.3. The van der Waals surface area contributed by atoms with Gasteiger partial charge < -0.3 is 14.7 Å². The van der Waals surface area contributed by atoms with Gasteiger partial charge in [-0.25, -0.2) is 9.97 Å². The van der Waals surface area contributed by atoms with Crippen LogP contribution in [0, 0.1) is 20.8 Å². The first-order valence-electron chi connectivity index (χ1n) is 12.4. The number of fused-ring (bicyclic) bond motifs is 2. The highest BCUT2D eigenvalue weighted by Gasteiger charge is 2.28. The fraction of sp³-hybridized carbons (Fsp3) is 0.321. The fourth-order valence-corrected chi connectivity index (χ4v) is 4.75. The summed E-state index contributed by atoms with van der Waals surface area (Å²) in [7, 11) is 3.60. The third-order valence-corrected chi connectivity index (χ3v) is 7.11. The van der Waals surface area contributed by atoms with Gasteiger partial charge >= 0.3 is 0 Å². The molecule has 0 spiro atoms. The number of hydrogen-bond donors (Lipinski definition) is 2. The minimum atomic E-state index is -0.319. The molecule has 3 aromatic heterocycles. The largest absolute Gasteiger partial charge is 0.371 e. The lowest BCUT2D eigenvalue weighted by Crippen LogP contribution is -2.31. The predicted octanol–water partition coefficient (Wildman–Crippen LogP) is 5.52. The minimum Gasteiger partial charge on any atom is -0.371 e. The van der Waals surface area contributed by atoms with E-state index in [1.54, 1.807) is 11.9 Å². The summed E-state index contributed by atoms with van der Waals surface area (Å²) in [4.78, 5) is 25.3. The van der Waals surface area contributed by atoms with Crippen LogP contribution in [0.2, 0.25) is 0 Å². The first-order chi connectivity index (χ1) is 17.7. The zero-order chi connectivity index (χ0) is 26.4. The zero-order valence-electron chi connectivity index (χ0n) is 22.2. The molecule has 0 bridgehead atoms. The van der Waals surface area contributed by atoms with Crippen molar-refractivity contribution in [3.63, 3.8) is 0 Å². The van der Waals surface area contributed by atoms with Crippen molar-refractivity contribution in [2.45, 2.75) is 47.1 Å². The maximum atomic E-state index is 14.0. The van der Waals surface area contributed by atoms with Crippen molar-refractivity contribution in [1.29, 1.82) is 0 Å². The molecule has 0 saturated carbocycles. The zero-order valence-corrected chi connectivity index (χ0v) is 22.2. The van der Waals surface area contributed by atoms with E-state index in [1.165, 1.54) is 0 Å². The van der Waals surface area contributed by atoms with E-state index in [0.717, 1.165) is 51.1 Å². The number of anilines is 1.